The number of halogens is 2. The third-order valence-electron chi connectivity index (χ3n) is 3.80. The van der Waals surface area contributed by atoms with Crippen molar-refractivity contribution >= 4 is 42.1 Å². The molecule has 0 aliphatic carbocycles. The zero-order valence-corrected chi connectivity index (χ0v) is 15.4. The number of rotatable bonds is 6. The van der Waals surface area contributed by atoms with Crippen molar-refractivity contribution in [2.24, 2.45) is 5.73 Å². The summed E-state index contributed by atoms with van der Waals surface area (Å²) in [6, 6.07) is 0.472. The fraction of sp³-hybridized carbons (Fsp3) is 0.714. The molecule has 2 heterocycles. The van der Waals surface area contributed by atoms with Crippen LogP contribution in [-0.2, 0) is 6.42 Å². The standard InChI is InChI=1S/C14H24N4OS.2ClH/c1-2-18-8-4-3-5-11(18)9-16-14(19)12-10-20-13(17-12)6-7-15;;/h10-11H,2-9,15H2,1H3,(H,16,19);2*1H. The summed E-state index contributed by atoms with van der Waals surface area (Å²) in [5, 5.41) is 5.77. The van der Waals surface area contributed by atoms with Crippen molar-refractivity contribution in [3.8, 4) is 0 Å². The van der Waals surface area contributed by atoms with Crippen molar-refractivity contribution in [2.75, 3.05) is 26.2 Å². The third kappa shape index (κ3) is 6.01. The number of amides is 1. The van der Waals surface area contributed by atoms with E-state index >= 15 is 0 Å². The third-order valence-corrected chi connectivity index (χ3v) is 4.70. The SMILES string of the molecule is CCN1CCCCC1CNC(=O)c1csc(CCN)n1.Cl.Cl. The van der Waals surface area contributed by atoms with Gasteiger partial charge in [-0.25, -0.2) is 4.98 Å². The fourth-order valence-corrected chi connectivity index (χ4v) is 3.46. The molecule has 22 heavy (non-hydrogen) atoms. The van der Waals surface area contributed by atoms with Gasteiger partial charge in [-0.3, -0.25) is 9.69 Å². The van der Waals surface area contributed by atoms with Gasteiger partial charge in [-0.05, 0) is 32.5 Å². The Hall–Kier alpha value is -0.400. The van der Waals surface area contributed by atoms with Crippen LogP contribution in [-0.4, -0.2) is 48.0 Å². The molecule has 1 atom stereocenters. The lowest BCUT2D eigenvalue weighted by Gasteiger charge is -2.34. The summed E-state index contributed by atoms with van der Waals surface area (Å²) in [7, 11) is 0. The van der Waals surface area contributed by atoms with Crippen LogP contribution in [0.4, 0.5) is 0 Å². The Morgan fingerprint density at radius 3 is 2.95 bits per heavy atom. The number of likely N-dealkylation sites (N-methyl/N-ethyl adjacent to an activating group) is 1. The first-order chi connectivity index (χ1) is 9.74. The number of hydrogen-bond acceptors (Lipinski definition) is 5. The molecule has 1 aromatic rings. The molecule has 128 valence electrons. The lowest BCUT2D eigenvalue weighted by atomic mass is 10.0. The lowest BCUT2D eigenvalue weighted by Crippen LogP contribution is -2.46. The summed E-state index contributed by atoms with van der Waals surface area (Å²) in [6.07, 6.45) is 4.44. The van der Waals surface area contributed by atoms with E-state index in [4.69, 9.17) is 5.73 Å². The summed E-state index contributed by atoms with van der Waals surface area (Å²) in [5.41, 5.74) is 6.02. The maximum absolute atomic E-state index is 12.1. The van der Waals surface area contributed by atoms with Crippen molar-refractivity contribution < 1.29 is 4.79 Å². The van der Waals surface area contributed by atoms with Crippen LogP contribution in [0.3, 0.4) is 0 Å². The summed E-state index contributed by atoms with van der Waals surface area (Å²) >= 11 is 1.51. The maximum Gasteiger partial charge on any atom is 0.270 e. The van der Waals surface area contributed by atoms with Gasteiger partial charge in [-0.15, -0.1) is 36.2 Å². The van der Waals surface area contributed by atoms with E-state index in [2.05, 4.69) is 22.1 Å². The second-order valence-electron chi connectivity index (χ2n) is 5.15. The minimum absolute atomic E-state index is 0. The predicted molar refractivity (Wildman–Crippen MR) is 96.6 cm³/mol. The lowest BCUT2D eigenvalue weighted by molar-refractivity contribution is 0.0913. The first-order valence-corrected chi connectivity index (χ1v) is 8.29. The highest BCUT2D eigenvalue weighted by Crippen LogP contribution is 2.16. The van der Waals surface area contributed by atoms with Gasteiger partial charge in [0, 0.05) is 24.4 Å². The molecule has 1 amide bonds. The Labute approximate surface area is 148 Å². The largest absolute Gasteiger partial charge is 0.349 e. The zero-order valence-electron chi connectivity index (χ0n) is 12.9. The molecule has 0 spiro atoms. The molecule has 1 aromatic heterocycles. The van der Waals surface area contributed by atoms with Gasteiger partial charge in [-0.2, -0.15) is 0 Å². The van der Waals surface area contributed by atoms with Crippen molar-refractivity contribution in [1.82, 2.24) is 15.2 Å². The van der Waals surface area contributed by atoms with Gasteiger partial charge in [0.1, 0.15) is 5.69 Å². The number of carbonyl (C=O) groups is 1. The Morgan fingerprint density at radius 2 is 2.27 bits per heavy atom. The number of nitrogens with two attached hydrogens (primary N) is 1. The Morgan fingerprint density at radius 1 is 1.50 bits per heavy atom. The monoisotopic (exact) mass is 368 g/mol. The average molecular weight is 369 g/mol. The second-order valence-corrected chi connectivity index (χ2v) is 6.10. The second kappa shape index (κ2) is 11.2. The number of hydrogen-bond donors (Lipinski definition) is 2. The van der Waals surface area contributed by atoms with Gasteiger partial charge < -0.3 is 11.1 Å². The first-order valence-electron chi connectivity index (χ1n) is 7.41. The molecule has 2 rings (SSSR count). The molecular formula is C14H26Cl2N4OS. The van der Waals surface area contributed by atoms with Gasteiger partial charge in [0.05, 0.1) is 5.01 Å². The van der Waals surface area contributed by atoms with Crippen molar-refractivity contribution in [3.63, 3.8) is 0 Å². The summed E-state index contributed by atoms with van der Waals surface area (Å²) in [5.74, 6) is -0.0638. The van der Waals surface area contributed by atoms with Crippen LogP contribution < -0.4 is 11.1 Å². The normalized spacial score (nSPS) is 18.2. The molecule has 0 saturated carbocycles. The summed E-state index contributed by atoms with van der Waals surface area (Å²) in [6.45, 7) is 5.67. The Kier molecular flexibility index (Phi) is 11.0. The fourth-order valence-electron chi connectivity index (χ4n) is 2.66. The van der Waals surface area contributed by atoms with E-state index in [1.54, 1.807) is 0 Å². The van der Waals surface area contributed by atoms with Crippen molar-refractivity contribution in [1.29, 1.82) is 0 Å². The molecule has 1 unspecified atom stereocenters. The highest BCUT2D eigenvalue weighted by Gasteiger charge is 2.21. The van der Waals surface area contributed by atoms with Crippen LogP contribution >= 0.6 is 36.2 Å². The topological polar surface area (TPSA) is 71.2 Å². The van der Waals surface area contributed by atoms with Crippen LogP contribution in [0.2, 0.25) is 0 Å². The molecule has 0 aromatic carbocycles. The highest BCUT2D eigenvalue weighted by molar-refractivity contribution is 7.09. The van der Waals surface area contributed by atoms with Gasteiger partial charge in [-0.1, -0.05) is 13.3 Å². The summed E-state index contributed by atoms with van der Waals surface area (Å²) < 4.78 is 0. The zero-order chi connectivity index (χ0) is 14.4. The molecule has 0 bridgehead atoms. The van der Waals surface area contributed by atoms with E-state index in [0.29, 0.717) is 18.3 Å². The Bertz CT molecular complexity index is 444. The van der Waals surface area contributed by atoms with Crippen LogP contribution in [0.25, 0.3) is 0 Å². The number of aromatic nitrogens is 1. The predicted octanol–water partition coefficient (Wildman–Crippen LogP) is 2.09. The van der Waals surface area contributed by atoms with Crippen LogP contribution in [0.15, 0.2) is 5.38 Å². The van der Waals surface area contributed by atoms with E-state index < -0.39 is 0 Å². The van der Waals surface area contributed by atoms with E-state index in [-0.39, 0.29) is 30.7 Å². The van der Waals surface area contributed by atoms with E-state index in [1.807, 2.05) is 5.38 Å². The number of piperidine rings is 1. The van der Waals surface area contributed by atoms with Gasteiger partial charge >= 0.3 is 0 Å². The van der Waals surface area contributed by atoms with E-state index in [9.17, 15) is 4.79 Å². The van der Waals surface area contributed by atoms with Crippen LogP contribution in [0.5, 0.6) is 0 Å². The molecule has 8 heteroatoms. The molecule has 1 aliphatic heterocycles. The van der Waals surface area contributed by atoms with Crippen LogP contribution in [0.1, 0.15) is 41.7 Å². The van der Waals surface area contributed by atoms with Gasteiger partial charge in [0.2, 0.25) is 0 Å². The van der Waals surface area contributed by atoms with Crippen LogP contribution in [0, 0.1) is 0 Å². The van der Waals surface area contributed by atoms with E-state index in [0.717, 1.165) is 31.1 Å². The number of nitrogens with one attached hydrogen (secondary N) is 1. The van der Waals surface area contributed by atoms with E-state index in [1.165, 1.54) is 30.6 Å². The van der Waals surface area contributed by atoms with Gasteiger partial charge in [0.15, 0.2) is 0 Å². The molecule has 1 aliphatic rings. The molecular weight excluding hydrogens is 343 g/mol. The molecule has 5 nitrogen and oxygen atoms in total. The van der Waals surface area contributed by atoms with Crippen molar-refractivity contribution in [3.05, 3.63) is 16.1 Å². The number of nitrogens with zero attached hydrogens (tertiary/aromatic N) is 2. The highest BCUT2D eigenvalue weighted by atomic mass is 35.5. The maximum atomic E-state index is 12.1. The minimum Gasteiger partial charge on any atom is -0.349 e. The number of likely N-dealkylation sites (tertiary alicyclic amines) is 1. The van der Waals surface area contributed by atoms with Gasteiger partial charge in [0.25, 0.3) is 5.91 Å². The number of carbonyl (C=O) groups excluding carboxylic acids is 1. The van der Waals surface area contributed by atoms with Crippen molar-refractivity contribution in [2.45, 2.75) is 38.6 Å². The average Bonchev–Trinajstić information content (AvgIpc) is 2.94. The molecule has 1 saturated heterocycles. The number of thiazole rings is 1. The summed E-state index contributed by atoms with van der Waals surface area (Å²) in [4.78, 5) is 18.8. The molecule has 3 N–H and O–H groups in total. The quantitative estimate of drug-likeness (QED) is 0.806. The molecule has 0 radical (unpaired) electrons. The Balaban J connectivity index is 0.00000220. The minimum atomic E-state index is -0.0638. The molecule has 1 fully saturated rings. The smallest absolute Gasteiger partial charge is 0.270 e. The first kappa shape index (κ1) is 21.6.